The number of nitrogens with zero attached hydrogens (tertiary/aromatic N) is 2. The molecule has 0 radical (unpaired) electrons. The first-order valence-corrected chi connectivity index (χ1v) is 8.84. The van der Waals surface area contributed by atoms with Gasteiger partial charge in [0.15, 0.2) is 0 Å². The lowest BCUT2D eigenvalue weighted by molar-refractivity contribution is 0.0931. The van der Waals surface area contributed by atoms with E-state index < -0.39 is 11.6 Å². The van der Waals surface area contributed by atoms with E-state index in [0.717, 1.165) is 31.7 Å². The molecule has 0 atom stereocenters. The van der Waals surface area contributed by atoms with Gasteiger partial charge in [0.2, 0.25) is 0 Å². The second-order valence-electron chi connectivity index (χ2n) is 6.70. The van der Waals surface area contributed by atoms with Gasteiger partial charge >= 0.3 is 0 Å². The van der Waals surface area contributed by atoms with E-state index in [1.54, 1.807) is 13.2 Å². The first-order valence-electron chi connectivity index (χ1n) is 8.84. The Morgan fingerprint density at radius 1 is 1.16 bits per heavy atom. The van der Waals surface area contributed by atoms with Gasteiger partial charge in [-0.3, -0.25) is 9.48 Å². The zero-order chi connectivity index (χ0) is 17.8. The molecule has 0 saturated heterocycles. The molecule has 1 aliphatic rings. The van der Waals surface area contributed by atoms with Crippen LogP contribution in [0.15, 0.2) is 24.4 Å². The Kier molecular flexibility index (Phi) is 5.46. The van der Waals surface area contributed by atoms with Crippen LogP contribution in [0.2, 0.25) is 0 Å². The van der Waals surface area contributed by atoms with Crippen LogP contribution in [0.3, 0.4) is 0 Å². The maximum absolute atomic E-state index is 14.1. The summed E-state index contributed by atoms with van der Waals surface area (Å²) in [6.45, 7) is 0. The van der Waals surface area contributed by atoms with Crippen LogP contribution in [0.5, 0.6) is 0 Å². The highest BCUT2D eigenvalue weighted by Gasteiger charge is 2.22. The fourth-order valence-electron chi connectivity index (χ4n) is 3.40. The Balaban J connectivity index is 1.83. The molecule has 1 heterocycles. The van der Waals surface area contributed by atoms with Gasteiger partial charge in [-0.2, -0.15) is 5.10 Å². The number of rotatable bonds is 3. The van der Waals surface area contributed by atoms with E-state index >= 15 is 0 Å². The molecule has 0 spiro atoms. The van der Waals surface area contributed by atoms with Crippen LogP contribution in [-0.2, 0) is 7.05 Å². The third-order valence-electron chi connectivity index (χ3n) is 4.70. The number of amides is 1. The van der Waals surface area contributed by atoms with Gasteiger partial charge in [-0.05, 0) is 25.0 Å². The summed E-state index contributed by atoms with van der Waals surface area (Å²) in [7, 11) is 1.68. The standard InChI is InChI=1S/C19H23F2N3O/c1-24-12-16(18(23-24)15-10-9-13(20)11-17(15)21)19(25)22-14-7-5-3-2-4-6-8-14/h9-12,14H,2-8H2,1H3,(H,22,25). The van der Waals surface area contributed by atoms with E-state index in [0.29, 0.717) is 5.56 Å². The largest absolute Gasteiger partial charge is 0.349 e. The molecule has 0 bridgehead atoms. The number of hydrogen-bond acceptors (Lipinski definition) is 2. The van der Waals surface area contributed by atoms with Crippen LogP contribution in [-0.4, -0.2) is 21.7 Å². The van der Waals surface area contributed by atoms with Gasteiger partial charge < -0.3 is 5.32 Å². The number of halogens is 2. The van der Waals surface area contributed by atoms with E-state index in [1.165, 1.54) is 36.1 Å². The van der Waals surface area contributed by atoms with Gasteiger partial charge in [0.1, 0.15) is 17.3 Å². The highest BCUT2D eigenvalue weighted by Crippen LogP contribution is 2.26. The van der Waals surface area contributed by atoms with Crippen molar-refractivity contribution in [1.82, 2.24) is 15.1 Å². The molecule has 1 aromatic heterocycles. The van der Waals surface area contributed by atoms with Crippen LogP contribution in [0, 0.1) is 11.6 Å². The zero-order valence-corrected chi connectivity index (χ0v) is 14.4. The number of aryl methyl sites for hydroxylation is 1. The minimum Gasteiger partial charge on any atom is -0.349 e. The lowest BCUT2D eigenvalue weighted by atomic mass is 9.96. The van der Waals surface area contributed by atoms with Crippen LogP contribution in [0.4, 0.5) is 8.78 Å². The maximum Gasteiger partial charge on any atom is 0.255 e. The molecule has 1 saturated carbocycles. The molecular formula is C19H23F2N3O. The van der Waals surface area contributed by atoms with Gasteiger partial charge in [-0.25, -0.2) is 8.78 Å². The fraction of sp³-hybridized carbons (Fsp3) is 0.474. The summed E-state index contributed by atoms with van der Waals surface area (Å²) in [6, 6.07) is 3.43. The van der Waals surface area contributed by atoms with Crippen molar-refractivity contribution in [2.24, 2.45) is 7.05 Å². The molecule has 1 N–H and O–H groups in total. The van der Waals surface area contributed by atoms with E-state index in [1.807, 2.05) is 0 Å². The summed E-state index contributed by atoms with van der Waals surface area (Å²) in [5.41, 5.74) is 0.684. The van der Waals surface area contributed by atoms with Gasteiger partial charge in [-0.15, -0.1) is 0 Å². The molecule has 6 heteroatoms. The minimum absolute atomic E-state index is 0.129. The normalized spacial score (nSPS) is 16.3. The Bertz CT molecular complexity index is 749. The summed E-state index contributed by atoms with van der Waals surface area (Å²) in [4.78, 5) is 12.7. The maximum atomic E-state index is 14.1. The van der Waals surface area contributed by atoms with Crippen LogP contribution >= 0.6 is 0 Å². The number of hydrogen-bond donors (Lipinski definition) is 1. The second-order valence-corrected chi connectivity index (χ2v) is 6.70. The molecule has 1 amide bonds. The van der Waals surface area contributed by atoms with Crippen LogP contribution in [0.1, 0.15) is 55.3 Å². The van der Waals surface area contributed by atoms with E-state index in [4.69, 9.17) is 0 Å². The van der Waals surface area contributed by atoms with Crippen molar-refractivity contribution < 1.29 is 13.6 Å². The molecule has 2 aromatic rings. The topological polar surface area (TPSA) is 46.9 Å². The fourth-order valence-corrected chi connectivity index (χ4v) is 3.40. The smallest absolute Gasteiger partial charge is 0.255 e. The van der Waals surface area contributed by atoms with E-state index in [2.05, 4.69) is 10.4 Å². The lowest BCUT2D eigenvalue weighted by Gasteiger charge is -2.21. The van der Waals surface area contributed by atoms with E-state index in [-0.39, 0.29) is 23.2 Å². The predicted molar refractivity (Wildman–Crippen MR) is 92.1 cm³/mol. The second kappa shape index (κ2) is 7.76. The van der Waals surface area contributed by atoms with Gasteiger partial charge in [-0.1, -0.05) is 32.1 Å². The summed E-state index contributed by atoms with van der Waals surface area (Å²) in [6.07, 6.45) is 9.39. The summed E-state index contributed by atoms with van der Waals surface area (Å²) in [5.74, 6) is -1.63. The Morgan fingerprint density at radius 3 is 2.52 bits per heavy atom. The Labute approximate surface area is 146 Å². The minimum atomic E-state index is -0.723. The molecule has 4 nitrogen and oxygen atoms in total. The summed E-state index contributed by atoms with van der Waals surface area (Å²) in [5, 5.41) is 7.28. The molecule has 134 valence electrons. The van der Waals surface area contributed by atoms with Gasteiger partial charge in [0.05, 0.1) is 5.56 Å². The zero-order valence-electron chi connectivity index (χ0n) is 14.4. The van der Waals surface area contributed by atoms with Crippen molar-refractivity contribution in [3.05, 3.63) is 41.6 Å². The number of nitrogens with one attached hydrogen (secondary N) is 1. The van der Waals surface area contributed by atoms with Crippen LogP contribution < -0.4 is 5.32 Å². The summed E-state index contributed by atoms with van der Waals surface area (Å²) < 4.78 is 28.8. The van der Waals surface area contributed by atoms with Gasteiger partial charge in [0, 0.05) is 30.9 Å². The van der Waals surface area contributed by atoms with E-state index in [9.17, 15) is 13.6 Å². The first-order chi connectivity index (χ1) is 12.0. The quantitative estimate of drug-likeness (QED) is 0.904. The average molecular weight is 347 g/mol. The summed E-state index contributed by atoms with van der Waals surface area (Å²) >= 11 is 0. The van der Waals surface area contributed by atoms with Crippen molar-refractivity contribution in [2.45, 2.75) is 51.0 Å². The molecule has 1 aromatic carbocycles. The highest BCUT2D eigenvalue weighted by molar-refractivity contribution is 6.00. The first kappa shape index (κ1) is 17.6. The third kappa shape index (κ3) is 4.24. The average Bonchev–Trinajstić information content (AvgIpc) is 2.91. The van der Waals surface area contributed by atoms with Crippen LogP contribution in [0.25, 0.3) is 11.3 Å². The Morgan fingerprint density at radius 2 is 1.84 bits per heavy atom. The number of carbonyl (C=O) groups is 1. The van der Waals surface area contributed by atoms with Crippen molar-refractivity contribution in [1.29, 1.82) is 0 Å². The molecular weight excluding hydrogens is 324 g/mol. The van der Waals surface area contributed by atoms with Crippen molar-refractivity contribution in [3.8, 4) is 11.3 Å². The highest BCUT2D eigenvalue weighted by atomic mass is 19.1. The predicted octanol–water partition coefficient (Wildman–Crippen LogP) is 4.21. The number of aromatic nitrogens is 2. The number of benzene rings is 1. The number of carbonyl (C=O) groups excluding carboxylic acids is 1. The molecule has 1 aliphatic carbocycles. The molecule has 1 fully saturated rings. The molecule has 3 rings (SSSR count). The molecule has 0 unspecified atom stereocenters. The molecule has 0 aliphatic heterocycles. The van der Waals surface area contributed by atoms with Crippen molar-refractivity contribution in [2.75, 3.05) is 0 Å². The van der Waals surface area contributed by atoms with Crippen molar-refractivity contribution >= 4 is 5.91 Å². The SMILES string of the molecule is Cn1cc(C(=O)NC2CCCCCCC2)c(-c2ccc(F)cc2F)n1. The van der Waals surface area contributed by atoms with Gasteiger partial charge in [0.25, 0.3) is 5.91 Å². The molecule has 25 heavy (non-hydrogen) atoms. The lowest BCUT2D eigenvalue weighted by Crippen LogP contribution is -2.35. The monoisotopic (exact) mass is 347 g/mol. The third-order valence-corrected chi connectivity index (χ3v) is 4.70. The Hall–Kier alpha value is -2.24. The van der Waals surface area contributed by atoms with Crippen molar-refractivity contribution in [3.63, 3.8) is 0 Å².